The number of hydrogen-bond acceptors (Lipinski definition) is 5. The zero-order valence-corrected chi connectivity index (χ0v) is 15.2. The highest BCUT2D eigenvalue weighted by Gasteiger charge is 2.11. The maximum Gasteiger partial charge on any atom is 0.338 e. The molecule has 0 radical (unpaired) electrons. The number of carbonyl (C=O) groups excluding carboxylic acids is 2. The van der Waals surface area contributed by atoms with Crippen molar-refractivity contribution in [2.75, 3.05) is 48.4 Å². The monoisotopic (exact) mass is 369 g/mol. The Morgan fingerprint density at radius 1 is 0.963 bits per heavy atom. The molecule has 2 amide bonds. The van der Waals surface area contributed by atoms with Crippen molar-refractivity contribution in [2.45, 2.75) is 6.92 Å². The van der Waals surface area contributed by atoms with Crippen LogP contribution in [0.25, 0.3) is 0 Å². The van der Waals surface area contributed by atoms with Gasteiger partial charge in [-0.15, -0.1) is 0 Å². The van der Waals surface area contributed by atoms with Crippen LogP contribution in [0.1, 0.15) is 17.3 Å². The van der Waals surface area contributed by atoms with Crippen molar-refractivity contribution >= 4 is 29.1 Å². The second kappa shape index (κ2) is 9.05. The molecule has 2 aromatic rings. The van der Waals surface area contributed by atoms with Crippen molar-refractivity contribution in [1.82, 2.24) is 0 Å². The first-order valence-corrected chi connectivity index (χ1v) is 8.93. The van der Waals surface area contributed by atoms with Crippen LogP contribution in [0.15, 0.2) is 48.5 Å². The second-order valence-electron chi connectivity index (χ2n) is 6.02. The van der Waals surface area contributed by atoms with E-state index < -0.39 is 0 Å². The summed E-state index contributed by atoms with van der Waals surface area (Å²) < 4.78 is 10.3. The molecule has 0 aromatic heterocycles. The van der Waals surface area contributed by atoms with Crippen molar-refractivity contribution in [3.05, 3.63) is 54.1 Å². The Kier molecular flexibility index (Phi) is 6.27. The number of amides is 2. The van der Waals surface area contributed by atoms with Crippen LogP contribution < -0.4 is 15.5 Å². The molecule has 1 aliphatic heterocycles. The van der Waals surface area contributed by atoms with E-state index in [0.717, 1.165) is 32.0 Å². The Balaban J connectivity index is 1.53. The Morgan fingerprint density at radius 2 is 1.52 bits per heavy atom. The molecule has 0 unspecified atom stereocenters. The molecule has 27 heavy (non-hydrogen) atoms. The van der Waals surface area contributed by atoms with Gasteiger partial charge in [-0.05, 0) is 55.5 Å². The molecule has 7 nitrogen and oxygen atoms in total. The molecule has 3 rings (SSSR count). The van der Waals surface area contributed by atoms with Gasteiger partial charge in [0.15, 0.2) is 0 Å². The number of rotatable bonds is 5. The Bertz CT molecular complexity index is 769. The molecule has 1 fully saturated rings. The Morgan fingerprint density at radius 3 is 2.07 bits per heavy atom. The maximum atomic E-state index is 12.1. The third-order valence-corrected chi connectivity index (χ3v) is 4.16. The van der Waals surface area contributed by atoms with Crippen molar-refractivity contribution in [3.63, 3.8) is 0 Å². The van der Waals surface area contributed by atoms with Crippen molar-refractivity contribution in [1.29, 1.82) is 0 Å². The largest absolute Gasteiger partial charge is 0.462 e. The van der Waals surface area contributed by atoms with E-state index >= 15 is 0 Å². The van der Waals surface area contributed by atoms with Crippen LogP contribution in [0.4, 0.5) is 21.9 Å². The molecule has 0 bridgehead atoms. The van der Waals surface area contributed by atoms with Gasteiger partial charge in [0.1, 0.15) is 0 Å². The number of urea groups is 1. The van der Waals surface area contributed by atoms with Crippen molar-refractivity contribution in [3.8, 4) is 0 Å². The standard InChI is InChI=1S/C20H23N3O4/c1-2-27-19(24)15-3-5-16(6-4-15)21-20(25)22-17-7-9-18(10-8-17)23-11-13-26-14-12-23/h3-10H,2,11-14H2,1H3,(H2,21,22,25). The fourth-order valence-corrected chi connectivity index (χ4v) is 2.77. The first-order chi connectivity index (χ1) is 13.2. The molecule has 0 saturated carbocycles. The van der Waals surface area contributed by atoms with Crippen LogP contribution in [0.5, 0.6) is 0 Å². The zero-order valence-electron chi connectivity index (χ0n) is 15.2. The number of anilines is 3. The number of nitrogens with one attached hydrogen (secondary N) is 2. The molecule has 1 aliphatic rings. The minimum Gasteiger partial charge on any atom is -0.462 e. The average Bonchev–Trinajstić information content (AvgIpc) is 2.70. The third kappa shape index (κ3) is 5.21. The summed E-state index contributed by atoms with van der Waals surface area (Å²) in [6.45, 7) is 5.29. The smallest absolute Gasteiger partial charge is 0.338 e. The Labute approximate surface area is 158 Å². The third-order valence-electron chi connectivity index (χ3n) is 4.16. The first-order valence-electron chi connectivity index (χ1n) is 8.93. The van der Waals surface area contributed by atoms with Gasteiger partial charge < -0.3 is 25.0 Å². The summed E-state index contributed by atoms with van der Waals surface area (Å²) in [6.07, 6.45) is 0. The SMILES string of the molecule is CCOC(=O)c1ccc(NC(=O)Nc2ccc(N3CCOCC3)cc2)cc1. The Hall–Kier alpha value is -3.06. The van der Waals surface area contributed by atoms with Gasteiger partial charge in [-0.3, -0.25) is 0 Å². The summed E-state index contributed by atoms with van der Waals surface area (Å²) in [6, 6.07) is 13.9. The number of carbonyl (C=O) groups is 2. The van der Waals surface area contributed by atoms with Crippen molar-refractivity contribution in [2.24, 2.45) is 0 Å². The maximum absolute atomic E-state index is 12.1. The lowest BCUT2D eigenvalue weighted by Gasteiger charge is -2.28. The highest BCUT2D eigenvalue weighted by Crippen LogP contribution is 2.19. The number of hydrogen-bond donors (Lipinski definition) is 2. The highest BCUT2D eigenvalue weighted by molar-refractivity contribution is 6.00. The van der Waals surface area contributed by atoms with E-state index in [-0.39, 0.29) is 12.0 Å². The molecular formula is C20H23N3O4. The minimum atomic E-state index is -0.381. The van der Waals surface area contributed by atoms with E-state index in [4.69, 9.17) is 9.47 Å². The normalized spacial score (nSPS) is 13.7. The molecule has 7 heteroatoms. The summed E-state index contributed by atoms with van der Waals surface area (Å²) in [5.41, 5.74) is 2.85. The first kappa shape index (κ1) is 18.7. The molecule has 2 aromatic carbocycles. The van der Waals surface area contributed by atoms with Gasteiger partial charge in [0, 0.05) is 30.2 Å². The quantitative estimate of drug-likeness (QED) is 0.790. The lowest BCUT2D eigenvalue weighted by Crippen LogP contribution is -2.36. The van der Waals surface area contributed by atoms with Gasteiger partial charge in [0.25, 0.3) is 0 Å². The number of ether oxygens (including phenoxy) is 2. The number of nitrogens with zero attached hydrogens (tertiary/aromatic N) is 1. The fourth-order valence-electron chi connectivity index (χ4n) is 2.77. The molecule has 0 aliphatic carbocycles. The molecule has 142 valence electrons. The molecule has 2 N–H and O–H groups in total. The summed E-state index contributed by atoms with van der Waals surface area (Å²) in [5.74, 6) is -0.381. The van der Waals surface area contributed by atoms with E-state index in [1.807, 2.05) is 24.3 Å². The van der Waals surface area contributed by atoms with Crippen LogP contribution in [0.2, 0.25) is 0 Å². The number of benzene rings is 2. The average molecular weight is 369 g/mol. The van der Waals surface area contributed by atoms with Crippen LogP contribution in [0, 0.1) is 0 Å². The zero-order chi connectivity index (χ0) is 19.1. The van der Waals surface area contributed by atoms with Crippen LogP contribution in [-0.2, 0) is 9.47 Å². The summed E-state index contributed by atoms with van der Waals surface area (Å²) in [5, 5.41) is 5.53. The molecule has 1 saturated heterocycles. The topological polar surface area (TPSA) is 79.9 Å². The summed E-state index contributed by atoms with van der Waals surface area (Å²) >= 11 is 0. The van der Waals surface area contributed by atoms with Gasteiger partial charge >= 0.3 is 12.0 Å². The van der Waals surface area contributed by atoms with Crippen LogP contribution in [0.3, 0.4) is 0 Å². The molecule has 0 spiro atoms. The second-order valence-corrected chi connectivity index (χ2v) is 6.02. The molecule has 1 heterocycles. The fraction of sp³-hybridized carbons (Fsp3) is 0.300. The highest BCUT2D eigenvalue weighted by atomic mass is 16.5. The minimum absolute atomic E-state index is 0.325. The van der Waals surface area contributed by atoms with Gasteiger partial charge in [-0.25, -0.2) is 9.59 Å². The van der Waals surface area contributed by atoms with E-state index in [2.05, 4.69) is 15.5 Å². The van der Waals surface area contributed by atoms with Crippen LogP contribution >= 0.6 is 0 Å². The van der Waals surface area contributed by atoms with Gasteiger partial charge in [-0.1, -0.05) is 0 Å². The predicted molar refractivity (Wildman–Crippen MR) is 105 cm³/mol. The van der Waals surface area contributed by atoms with E-state index in [0.29, 0.717) is 23.5 Å². The van der Waals surface area contributed by atoms with E-state index in [1.165, 1.54) is 0 Å². The van der Waals surface area contributed by atoms with Gasteiger partial charge in [0.05, 0.1) is 25.4 Å². The number of morpholine rings is 1. The number of esters is 1. The summed E-state index contributed by atoms with van der Waals surface area (Å²) in [7, 11) is 0. The van der Waals surface area contributed by atoms with E-state index in [1.54, 1.807) is 31.2 Å². The van der Waals surface area contributed by atoms with Crippen molar-refractivity contribution < 1.29 is 19.1 Å². The lowest BCUT2D eigenvalue weighted by molar-refractivity contribution is 0.0526. The van der Waals surface area contributed by atoms with Gasteiger partial charge in [0.2, 0.25) is 0 Å². The summed E-state index contributed by atoms with van der Waals surface area (Å²) in [4.78, 5) is 26.0. The molecule has 0 atom stereocenters. The van der Waals surface area contributed by atoms with E-state index in [9.17, 15) is 9.59 Å². The van der Waals surface area contributed by atoms with Gasteiger partial charge in [-0.2, -0.15) is 0 Å². The lowest BCUT2D eigenvalue weighted by atomic mass is 10.2. The molecular weight excluding hydrogens is 346 g/mol. The predicted octanol–water partition coefficient (Wildman–Crippen LogP) is 3.34. The van der Waals surface area contributed by atoms with Crippen LogP contribution in [-0.4, -0.2) is 44.9 Å².